The molecule has 0 spiro atoms. The topological polar surface area (TPSA) is 123 Å². The lowest BCUT2D eigenvalue weighted by Crippen LogP contribution is -2.29. The average molecular weight is 505 g/mol. The van der Waals surface area contributed by atoms with Gasteiger partial charge in [0.1, 0.15) is 17.3 Å². The van der Waals surface area contributed by atoms with Gasteiger partial charge in [0.25, 0.3) is 11.5 Å². The highest BCUT2D eigenvalue weighted by molar-refractivity contribution is 7.22. The number of rotatable bonds is 5. The van der Waals surface area contributed by atoms with Crippen LogP contribution in [0.3, 0.4) is 0 Å². The highest BCUT2D eigenvalue weighted by Gasteiger charge is 2.48. The van der Waals surface area contributed by atoms with Crippen molar-refractivity contribution in [2.24, 2.45) is 0 Å². The van der Waals surface area contributed by atoms with Crippen LogP contribution in [0, 0.1) is 15.9 Å². The molecule has 0 radical (unpaired) electrons. The molecular formula is C25H16FN3O6S. The predicted octanol–water partition coefficient (Wildman–Crippen LogP) is 4.98. The molecule has 1 aliphatic heterocycles. The molecule has 1 atom stereocenters. The lowest BCUT2D eigenvalue weighted by Gasteiger charge is -2.22. The van der Waals surface area contributed by atoms with Crippen molar-refractivity contribution in [1.29, 1.82) is 0 Å². The highest BCUT2D eigenvalue weighted by atomic mass is 32.1. The van der Waals surface area contributed by atoms with Gasteiger partial charge in [-0.05, 0) is 48.0 Å². The Hall–Kier alpha value is -4.64. The van der Waals surface area contributed by atoms with E-state index in [1.807, 2.05) is 0 Å². The number of thiazole rings is 1. The summed E-state index contributed by atoms with van der Waals surface area (Å²) in [6, 6.07) is 14.1. The molecule has 0 aliphatic carbocycles. The molecule has 1 saturated heterocycles. The molecule has 1 N–H and O–H groups in total. The molecule has 0 saturated carbocycles. The van der Waals surface area contributed by atoms with Crippen LogP contribution in [0.25, 0.3) is 16.0 Å². The van der Waals surface area contributed by atoms with Crippen LogP contribution in [0.2, 0.25) is 0 Å². The van der Waals surface area contributed by atoms with Crippen molar-refractivity contribution in [3.63, 3.8) is 0 Å². The SMILES string of the molecule is COc1ccc2nc(N3C(=O)C(=O)C(=C(O)c4ccc(F)cc4)C3c3cccc([N+](=O)[O-])c3)sc2c1. The molecule has 180 valence electrons. The zero-order chi connectivity index (χ0) is 25.6. The van der Waals surface area contributed by atoms with Gasteiger partial charge in [-0.15, -0.1) is 0 Å². The number of aromatic nitrogens is 1. The highest BCUT2D eigenvalue weighted by Crippen LogP contribution is 2.45. The molecule has 1 fully saturated rings. The van der Waals surface area contributed by atoms with Crippen molar-refractivity contribution >= 4 is 49.8 Å². The molecule has 2 heterocycles. The third-order valence-electron chi connectivity index (χ3n) is 5.75. The number of nitrogens with zero attached hydrogens (tertiary/aromatic N) is 3. The van der Waals surface area contributed by atoms with E-state index in [0.717, 1.165) is 28.4 Å². The van der Waals surface area contributed by atoms with E-state index in [1.165, 1.54) is 43.5 Å². The normalized spacial score (nSPS) is 17.1. The first kappa shape index (κ1) is 23.1. The number of ketones is 1. The zero-order valence-electron chi connectivity index (χ0n) is 18.5. The maximum absolute atomic E-state index is 13.5. The van der Waals surface area contributed by atoms with E-state index >= 15 is 0 Å². The van der Waals surface area contributed by atoms with Gasteiger partial charge in [-0.1, -0.05) is 23.5 Å². The Morgan fingerprint density at radius 3 is 2.58 bits per heavy atom. The summed E-state index contributed by atoms with van der Waals surface area (Å²) >= 11 is 1.12. The van der Waals surface area contributed by atoms with E-state index in [1.54, 1.807) is 18.2 Å². The summed E-state index contributed by atoms with van der Waals surface area (Å²) in [6.45, 7) is 0. The fourth-order valence-electron chi connectivity index (χ4n) is 4.04. The molecule has 11 heteroatoms. The van der Waals surface area contributed by atoms with E-state index in [-0.39, 0.29) is 27.5 Å². The number of methoxy groups -OCH3 is 1. The fourth-order valence-corrected chi connectivity index (χ4v) is 5.06. The monoisotopic (exact) mass is 505 g/mol. The Morgan fingerprint density at radius 2 is 1.89 bits per heavy atom. The number of carbonyl (C=O) groups excluding carboxylic acids is 2. The van der Waals surface area contributed by atoms with Crippen LogP contribution in [0.1, 0.15) is 17.2 Å². The number of nitro benzene ring substituents is 1. The van der Waals surface area contributed by atoms with Crippen LogP contribution in [-0.4, -0.2) is 33.8 Å². The molecule has 1 amide bonds. The van der Waals surface area contributed by atoms with Crippen molar-refractivity contribution in [1.82, 2.24) is 4.98 Å². The number of amides is 1. The molecule has 1 unspecified atom stereocenters. The first-order chi connectivity index (χ1) is 17.3. The molecule has 4 aromatic rings. The number of benzene rings is 3. The number of aliphatic hydroxyl groups excluding tert-OH is 1. The van der Waals surface area contributed by atoms with Gasteiger partial charge in [0.05, 0.1) is 33.9 Å². The fraction of sp³-hybridized carbons (Fsp3) is 0.0800. The van der Waals surface area contributed by atoms with Crippen LogP contribution in [0.15, 0.2) is 72.3 Å². The number of carbonyl (C=O) groups is 2. The first-order valence-corrected chi connectivity index (χ1v) is 11.4. The van der Waals surface area contributed by atoms with Crippen LogP contribution < -0.4 is 9.64 Å². The Balaban J connectivity index is 1.74. The van der Waals surface area contributed by atoms with Crippen molar-refractivity contribution in [3.05, 3.63) is 99.4 Å². The Labute approximate surface area is 206 Å². The molecule has 1 aromatic heterocycles. The molecule has 3 aromatic carbocycles. The summed E-state index contributed by atoms with van der Waals surface area (Å²) in [5, 5.41) is 22.7. The largest absolute Gasteiger partial charge is 0.507 e. The Bertz CT molecular complexity index is 1580. The van der Waals surface area contributed by atoms with E-state index in [9.17, 15) is 29.2 Å². The van der Waals surface area contributed by atoms with E-state index in [4.69, 9.17) is 4.74 Å². The van der Waals surface area contributed by atoms with Crippen molar-refractivity contribution < 1.29 is 28.7 Å². The summed E-state index contributed by atoms with van der Waals surface area (Å²) in [4.78, 5) is 43.0. The molecule has 1 aliphatic rings. The summed E-state index contributed by atoms with van der Waals surface area (Å²) in [6.07, 6.45) is 0. The number of hydrogen-bond acceptors (Lipinski definition) is 8. The van der Waals surface area contributed by atoms with Crippen LogP contribution in [-0.2, 0) is 9.59 Å². The van der Waals surface area contributed by atoms with Crippen LogP contribution in [0.4, 0.5) is 15.2 Å². The summed E-state index contributed by atoms with van der Waals surface area (Å²) in [7, 11) is 1.51. The standard InChI is InChI=1S/C25H16FN3O6S/c1-35-17-9-10-18-19(12-17)36-25(27-18)28-21(14-3-2-4-16(11-14)29(33)34)20(23(31)24(28)32)22(30)13-5-7-15(26)8-6-13/h2-12,21,30H,1H3. The molecule has 9 nitrogen and oxygen atoms in total. The zero-order valence-corrected chi connectivity index (χ0v) is 19.4. The van der Waals surface area contributed by atoms with E-state index < -0.39 is 34.2 Å². The van der Waals surface area contributed by atoms with Gasteiger partial charge >= 0.3 is 5.91 Å². The summed E-state index contributed by atoms with van der Waals surface area (Å²) in [5.74, 6) is -2.46. The number of hydrogen-bond donors (Lipinski definition) is 1. The third-order valence-corrected chi connectivity index (χ3v) is 6.77. The van der Waals surface area contributed by atoms with Gasteiger partial charge in [0, 0.05) is 17.7 Å². The smallest absolute Gasteiger partial charge is 0.301 e. The number of ether oxygens (including phenoxy) is 1. The lowest BCUT2D eigenvalue weighted by molar-refractivity contribution is -0.384. The van der Waals surface area contributed by atoms with Gasteiger partial charge in [-0.2, -0.15) is 0 Å². The van der Waals surface area contributed by atoms with E-state index in [0.29, 0.717) is 16.0 Å². The summed E-state index contributed by atoms with van der Waals surface area (Å²) < 4.78 is 19.4. The van der Waals surface area contributed by atoms with Gasteiger partial charge < -0.3 is 9.84 Å². The van der Waals surface area contributed by atoms with Crippen molar-refractivity contribution in [3.8, 4) is 5.75 Å². The molecular weight excluding hydrogens is 489 g/mol. The van der Waals surface area contributed by atoms with E-state index in [2.05, 4.69) is 4.98 Å². The van der Waals surface area contributed by atoms with Crippen LogP contribution in [0.5, 0.6) is 5.75 Å². The number of Topliss-reactive ketones (excluding diaryl/α,β-unsaturated/α-hetero) is 1. The van der Waals surface area contributed by atoms with Gasteiger partial charge in [0.15, 0.2) is 5.13 Å². The number of non-ortho nitro benzene ring substituents is 1. The Kier molecular flexibility index (Phi) is 5.69. The minimum absolute atomic E-state index is 0.110. The molecule has 5 rings (SSSR count). The van der Waals surface area contributed by atoms with Gasteiger partial charge in [-0.25, -0.2) is 9.37 Å². The summed E-state index contributed by atoms with van der Waals surface area (Å²) in [5.41, 5.74) is 0.342. The lowest BCUT2D eigenvalue weighted by atomic mass is 9.95. The minimum atomic E-state index is -1.21. The first-order valence-electron chi connectivity index (χ1n) is 10.5. The number of nitro groups is 1. The minimum Gasteiger partial charge on any atom is -0.507 e. The molecule has 36 heavy (non-hydrogen) atoms. The number of fused-ring (bicyclic) bond motifs is 1. The Morgan fingerprint density at radius 1 is 1.14 bits per heavy atom. The van der Waals surface area contributed by atoms with Crippen molar-refractivity contribution in [2.45, 2.75) is 6.04 Å². The number of aliphatic hydroxyl groups is 1. The maximum Gasteiger partial charge on any atom is 0.301 e. The second kappa shape index (κ2) is 8.86. The number of halogens is 1. The third kappa shape index (κ3) is 3.85. The van der Waals surface area contributed by atoms with Crippen molar-refractivity contribution in [2.75, 3.05) is 12.0 Å². The number of anilines is 1. The quantitative estimate of drug-likeness (QED) is 0.133. The maximum atomic E-state index is 13.5. The average Bonchev–Trinajstić information content (AvgIpc) is 3.41. The van der Waals surface area contributed by atoms with Crippen LogP contribution >= 0.6 is 11.3 Å². The van der Waals surface area contributed by atoms with Gasteiger partial charge in [-0.3, -0.25) is 24.6 Å². The second-order valence-electron chi connectivity index (χ2n) is 7.86. The second-order valence-corrected chi connectivity index (χ2v) is 8.87. The molecule has 0 bridgehead atoms. The van der Waals surface area contributed by atoms with Gasteiger partial charge in [0.2, 0.25) is 0 Å². The predicted molar refractivity (Wildman–Crippen MR) is 130 cm³/mol.